The van der Waals surface area contributed by atoms with Crippen molar-refractivity contribution in [2.24, 2.45) is 0 Å². The van der Waals surface area contributed by atoms with E-state index in [4.69, 9.17) is 11.6 Å². The number of unbranched alkanes of at least 4 members (excludes halogenated alkanes) is 3. The van der Waals surface area contributed by atoms with E-state index in [1.165, 1.54) is 43.4 Å². The monoisotopic (exact) mass is 331 g/mol. The second kappa shape index (κ2) is 8.59. The molecule has 0 aliphatic carbocycles. The predicted molar refractivity (Wildman–Crippen MR) is 95.4 cm³/mol. The largest absolute Gasteiger partial charge is 0.507 e. The number of carbonyl (C=O) groups excluding carboxylic acids is 1. The van der Waals surface area contributed by atoms with Crippen molar-refractivity contribution in [1.29, 1.82) is 0 Å². The summed E-state index contributed by atoms with van der Waals surface area (Å²) in [6, 6.07) is 12.2. The zero-order valence-corrected chi connectivity index (χ0v) is 14.1. The van der Waals surface area contributed by atoms with Crippen LogP contribution in [0.15, 0.2) is 42.5 Å². The van der Waals surface area contributed by atoms with Crippen LogP contribution in [-0.2, 0) is 6.42 Å². The van der Waals surface area contributed by atoms with E-state index in [0.29, 0.717) is 10.7 Å². The van der Waals surface area contributed by atoms with Crippen LogP contribution in [0.3, 0.4) is 0 Å². The van der Waals surface area contributed by atoms with Crippen molar-refractivity contribution < 1.29 is 9.90 Å². The van der Waals surface area contributed by atoms with Crippen LogP contribution in [-0.4, -0.2) is 11.0 Å². The Morgan fingerprint density at radius 1 is 1.09 bits per heavy atom. The van der Waals surface area contributed by atoms with E-state index in [-0.39, 0.29) is 17.2 Å². The molecule has 3 nitrogen and oxygen atoms in total. The molecule has 0 heterocycles. The molecular weight excluding hydrogens is 310 g/mol. The average molecular weight is 332 g/mol. The minimum atomic E-state index is -0.374. The molecule has 2 N–H and O–H groups in total. The van der Waals surface area contributed by atoms with Gasteiger partial charge in [0.05, 0.1) is 5.56 Å². The molecule has 0 saturated heterocycles. The first-order valence-electron chi connectivity index (χ1n) is 7.99. The Balaban J connectivity index is 1.95. The molecule has 2 rings (SSSR count). The second-order valence-corrected chi connectivity index (χ2v) is 6.06. The number of benzene rings is 2. The minimum absolute atomic E-state index is 0.0838. The highest BCUT2D eigenvalue weighted by Crippen LogP contribution is 2.23. The third-order valence-electron chi connectivity index (χ3n) is 3.73. The molecule has 122 valence electrons. The first kappa shape index (κ1) is 17.4. The number of phenols is 1. The first-order valence-corrected chi connectivity index (χ1v) is 8.36. The lowest BCUT2D eigenvalue weighted by atomic mass is 10.1. The van der Waals surface area contributed by atoms with Gasteiger partial charge in [0.2, 0.25) is 0 Å². The van der Waals surface area contributed by atoms with Crippen molar-refractivity contribution in [1.82, 2.24) is 0 Å². The number of rotatable bonds is 7. The van der Waals surface area contributed by atoms with Gasteiger partial charge in [-0.2, -0.15) is 0 Å². The van der Waals surface area contributed by atoms with Crippen LogP contribution < -0.4 is 5.32 Å². The Hall–Kier alpha value is -2.00. The summed E-state index contributed by atoms with van der Waals surface area (Å²) >= 11 is 5.86. The van der Waals surface area contributed by atoms with Gasteiger partial charge in [-0.25, -0.2) is 0 Å². The molecule has 0 unspecified atom stereocenters. The lowest BCUT2D eigenvalue weighted by Gasteiger charge is -2.08. The molecule has 0 aromatic heterocycles. The number of hydrogen-bond acceptors (Lipinski definition) is 2. The fourth-order valence-electron chi connectivity index (χ4n) is 2.40. The highest BCUT2D eigenvalue weighted by Gasteiger charge is 2.12. The molecule has 4 heteroatoms. The molecule has 0 radical (unpaired) electrons. The highest BCUT2D eigenvalue weighted by atomic mass is 35.5. The summed E-state index contributed by atoms with van der Waals surface area (Å²) in [5.74, 6) is -0.458. The lowest BCUT2D eigenvalue weighted by Crippen LogP contribution is -2.12. The first-order chi connectivity index (χ1) is 11.1. The van der Waals surface area contributed by atoms with Crippen molar-refractivity contribution in [2.45, 2.75) is 39.0 Å². The Morgan fingerprint density at radius 2 is 1.83 bits per heavy atom. The van der Waals surface area contributed by atoms with E-state index >= 15 is 0 Å². The number of aryl methyl sites for hydroxylation is 1. The number of carbonyl (C=O) groups is 1. The molecule has 23 heavy (non-hydrogen) atoms. The molecule has 0 bridgehead atoms. The summed E-state index contributed by atoms with van der Waals surface area (Å²) in [6.07, 6.45) is 6.01. The standard InChI is InChI=1S/C19H22ClNO2/c1-2-3-4-5-6-14-7-10-16(11-8-14)21-19(23)17-13-15(20)9-12-18(17)22/h7-13,22H,2-6H2,1H3,(H,21,23). The molecule has 2 aromatic carbocycles. The Labute approximate surface area is 142 Å². The zero-order chi connectivity index (χ0) is 16.7. The fraction of sp³-hybridized carbons (Fsp3) is 0.316. The van der Waals surface area contributed by atoms with Crippen LogP contribution >= 0.6 is 11.6 Å². The molecule has 0 saturated carbocycles. The van der Waals surface area contributed by atoms with Gasteiger partial charge in [0.25, 0.3) is 5.91 Å². The molecule has 0 atom stereocenters. The Morgan fingerprint density at radius 3 is 2.52 bits per heavy atom. The van der Waals surface area contributed by atoms with E-state index < -0.39 is 0 Å². The third-order valence-corrected chi connectivity index (χ3v) is 3.97. The Kier molecular flexibility index (Phi) is 6.48. The highest BCUT2D eigenvalue weighted by molar-refractivity contribution is 6.31. The van der Waals surface area contributed by atoms with Gasteiger partial charge in [-0.1, -0.05) is 49.9 Å². The molecule has 0 aliphatic rings. The number of hydrogen-bond donors (Lipinski definition) is 2. The van der Waals surface area contributed by atoms with Crippen LogP contribution in [0.5, 0.6) is 5.75 Å². The molecule has 0 spiro atoms. The topological polar surface area (TPSA) is 49.3 Å². The van der Waals surface area contributed by atoms with Crippen molar-refractivity contribution >= 4 is 23.2 Å². The lowest BCUT2D eigenvalue weighted by molar-refractivity contribution is 0.102. The van der Waals surface area contributed by atoms with Gasteiger partial charge in [-0.05, 0) is 48.7 Å². The van der Waals surface area contributed by atoms with Crippen molar-refractivity contribution in [3.05, 3.63) is 58.6 Å². The van der Waals surface area contributed by atoms with E-state index in [0.717, 1.165) is 6.42 Å². The quantitative estimate of drug-likeness (QED) is 0.665. The maximum atomic E-state index is 12.2. The summed E-state index contributed by atoms with van der Waals surface area (Å²) in [4.78, 5) is 12.2. The number of anilines is 1. The van der Waals surface area contributed by atoms with E-state index in [2.05, 4.69) is 12.2 Å². The van der Waals surface area contributed by atoms with Gasteiger partial charge in [0, 0.05) is 10.7 Å². The second-order valence-electron chi connectivity index (χ2n) is 5.62. The van der Waals surface area contributed by atoms with Crippen LogP contribution in [0.4, 0.5) is 5.69 Å². The third kappa shape index (κ3) is 5.29. The molecule has 1 amide bonds. The van der Waals surface area contributed by atoms with Gasteiger partial charge in [0.1, 0.15) is 5.75 Å². The molecule has 2 aromatic rings. The van der Waals surface area contributed by atoms with E-state index in [9.17, 15) is 9.90 Å². The summed E-state index contributed by atoms with van der Waals surface area (Å²) in [6.45, 7) is 2.20. The number of amides is 1. The zero-order valence-electron chi connectivity index (χ0n) is 13.3. The smallest absolute Gasteiger partial charge is 0.259 e. The van der Waals surface area contributed by atoms with Gasteiger partial charge in [-0.3, -0.25) is 4.79 Å². The van der Waals surface area contributed by atoms with Gasteiger partial charge < -0.3 is 10.4 Å². The van der Waals surface area contributed by atoms with Gasteiger partial charge >= 0.3 is 0 Å². The normalized spacial score (nSPS) is 10.5. The maximum Gasteiger partial charge on any atom is 0.259 e. The van der Waals surface area contributed by atoms with Crippen LogP contribution in [0.25, 0.3) is 0 Å². The molecular formula is C19H22ClNO2. The summed E-state index contributed by atoms with van der Waals surface area (Å²) < 4.78 is 0. The molecule has 0 fully saturated rings. The SMILES string of the molecule is CCCCCCc1ccc(NC(=O)c2cc(Cl)ccc2O)cc1. The predicted octanol–water partition coefficient (Wildman–Crippen LogP) is 5.42. The maximum absolute atomic E-state index is 12.2. The average Bonchev–Trinajstić information content (AvgIpc) is 2.55. The van der Waals surface area contributed by atoms with E-state index in [1.54, 1.807) is 6.07 Å². The number of nitrogens with one attached hydrogen (secondary N) is 1. The molecule has 0 aliphatic heterocycles. The number of phenolic OH excluding ortho intramolecular Hbond substituents is 1. The van der Waals surface area contributed by atoms with Crippen molar-refractivity contribution in [3.63, 3.8) is 0 Å². The minimum Gasteiger partial charge on any atom is -0.507 e. The summed E-state index contributed by atoms with van der Waals surface area (Å²) in [7, 11) is 0. The van der Waals surface area contributed by atoms with Gasteiger partial charge in [0.15, 0.2) is 0 Å². The number of halogens is 1. The van der Waals surface area contributed by atoms with Crippen LogP contribution in [0.2, 0.25) is 5.02 Å². The van der Waals surface area contributed by atoms with E-state index in [1.807, 2.05) is 24.3 Å². The van der Waals surface area contributed by atoms with Gasteiger partial charge in [-0.15, -0.1) is 0 Å². The number of aromatic hydroxyl groups is 1. The van der Waals surface area contributed by atoms with Crippen molar-refractivity contribution in [3.8, 4) is 5.75 Å². The van der Waals surface area contributed by atoms with Crippen LogP contribution in [0.1, 0.15) is 48.5 Å². The van der Waals surface area contributed by atoms with Crippen LogP contribution in [0, 0.1) is 0 Å². The summed E-state index contributed by atoms with van der Waals surface area (Å²) in [5, 5.41) is 12.9. The van der Waals surface area contributed by atoms with Crippen molar-refractivity contribution in [2.75, 3.05) is 5.32 Å². The Bertz CT molecular complexity index is 653. The summed E-state index contributed by atoms with van der Waals surface area (Å²) in [5.41, 5.74) is 2.14. The fourth-order valence-corrected chi connectivity index (χ4v) is 2.57.